The summed E-state index contributed by atoms with van der Waals surface area (Å²) in [5.41, 5.74) is 3.15. The topological polar surface area (TPSA) is 94.7 Å². The minimum absolute atomic E-state index is 0.129. The van der Waals surface area contributed by atoms with Crippen molar-refractivity contribution in [1.82, 2.24) is 15.4 Å². The normalized spacial score (nSPS) is 10.8. The lowest BCUT2D eigenvalue weighted by Gasteiger charge is -2.13. The van der Waals surface area contributed by atoms with Gasteiger partial charge in [-0.3, -0.25) is 10.0 Å². The largest absolute Gasteiger partial charge is 0.496 e. The van der Waals surface area contributed by atoms with Crippen LogP contribution in [0.1, 0.15) is 27.2 Å². The monoisotopic (exact) mass is 401 g/mol. The molecule has 0 saturated heterocycles. The molecule has 1 heterocycles. The van der Waals surface area contributed by atoms with Crippen LogP contribution in [0, 0.1) is 6.92 Å². The molecule has 0 saturated carbocycles. The molecule has 2 amide bonds. The number of carbonyl (C=O) groups is 2. The molecule has 0 radical (unpaired) electrons. The van der Waals surface area contributed by atoms with Gasteiger partial charge < -0.3 is 15.0 Å². The highest BCUT2D eigenvalue weighted by Crippen LogP contribution is 2.34. The van der Waals surface area contributed by atoms with Crippen molar-refractivity contribution < 1.29 is 19.5 Å². The van der Waals surface area contributed by atoms with Crippen LogP contribution in [0.2, 0.25) is 5.02 Å². The Bertz CT molecular complexity index is 1040. The van der Waals surface area contributed by atoms with Crippen molar-refractivity contribution in [2.24, 2.45) is 0 Å². The molecule has 3 rings (SSSR count). The zero-order valence-electron chi connectivity index (χ0n) is 15.7. The van der Waals surface area contributed by atoms with Gasteiger partial charge in [0.15, 0.2) is 5.78 Å². The number of methoxy groups -OCH3 is 1. The van der Waals surface area contributed by atoms with Crippen molar-refractivity contribution in [1.29, 1.82) is 0 Å². The van der Waals surface area contributed by atoms with Gasteiger partial charge in [-0.25, -0.2) is 9.86 Å². The molecule has 0 aliphatic rings. The number of nitrogens with zero attached hydrogens (tertiary/aromatic N) is 1. The number of hydroxylamine groups is 2. The highest BCUT2D eigenvalue weighted by atomic mass is 35.5. The number of hydrogen-bond acceptors (Lipinski definition) is 4. The second kappa shape index (κ2) is 7.92. The Morgan fingerprint density at radius 1 is 1.21 bits per heavy atom. The maximum Gasteiger partial charge on any atom is 0.341 e. The zero-order valence-corrected chi connectivity index (χ0v) is 16.4. The van der Waals surface area contributed by atoms with Crippen LogP contribution in [0.5, 0.6) is 5.75 Å². The van der Waals surface area contributed by atoms with Gasteiger partial charge in [-0.15, -0.1) is 0 Å². The molecule has 0 aliphatic carbocycles. The van der Waals surface area contributed by atoms with Crippen LogP contribution in [-0.4, -0.2) is 41.2 Å². The van der Waals surface area contributed by atoms with Gasteiger partial charge in [0.05, 0.1) is 12.7 Å². The molecule has 0 fully saturated rings. The number of rotatable bonds is 5. The molecule has 8 heteroatoms. The Balaban J connectivity index is 2.15. The smallest absolute Gasteiger partial charge is 0.341 e. The number of H-pyrrole nitrogens is 1. The number of aryl methyl sites for hydroxylation is 1. The van der Waals surface area contributed by atoms with Crippen LogP contribution in [0.4, 0.5) is 4.79 Å². The van der Waals surface area contributed by atoms with Crippen molar-refractivity contribution in [2.75, 3.05) is 14.2 Å². The molecule has 1 aromatic heterocycles. The highest BCUT2D eigenvalue weighted by Gasteiger charge is 2.23. The van der Waals surface area contributed by atoms with Crippen molar-refractivity contribution in [3.8, 4) is 5.75 Å². The molecule has 28 heavy (non-hydrogen) atoms. The molecular weight excluding hydrogens is 382 g/mol. The molecular formula is C20H20ClN3O4. The number of halogens is 1. The van der Waals surface area contributed by atoms with Crippen LogP contribution in [0.15, 0.2) is 36.4 Å². The quantitative estimate of drug-likeness (QED) is 0.343. The lowest BCUT2D eigenvalue weighted by atomic mass is 9.96. The summed E-state index contributed by atoms with van der Waals surface area (Å²) in [7, 11) is 2.73. The van der Waals surface area contributed by atoms with Gasteiger partial charge in [-0.05, 0) is 43.3 Å². The first-order chi connectivity index (χ1) is 13.3. The average molecular weight is 402 g/mol. The molecule has 0 aliphatic heterocycles. The van der Waals surface area contributed by atoms with E-state index in [0.29, 0.717) is 32.3 Å². The summed E-state index contributed by atoms with van der Waals surface area (Å²) in [6.07, 6.45) is 0. The Morgan fingerprint density at radius 2 is 1.89 bits per heavy atom. The van der Waals surface area contributed by atoms with E-state index in [2.05, 4.69) is 10.3 Å². The third kappa shape index (κ3) is 3.67. The number of urea groups is 1. The summed E-state index contributed by atoms with van der Waals surface area (Å²) < 4.78 is 5.45. The maximum atomic E-state index is 13.3. The summed E-state index contributed by atoms with van der Waals surface area (Å²) >= 11 is 5.94. The van der Waals surface area contributed by atoms with E-state index in [4.69, 9.17) is 16.3 Å². The molecule has 3 N–H and O–H groups in total. The lowest BCUT2D eigenvalue weighted by molar-refractivity contribution is -0.0184. The lowest BCUT2D eigenvalue weighted by Crippen LogP contribution is -2.34. The molecule has 3 aromatic rings. The number of aromatic amines is 1. The predicted octanol–water partition coefficient (Wildman–Crippen LogP) is 3.90. The Kier molecular flexibility index (Phi) is 5.58. The second-order valence-electron chi connectivity index (χ2n) is 6.31. The Labute approximate surface area is 166 Å². The van der Waals surface area contributed by atoms with Gasteiger partial charge in [0, 0.05) is 46.3 Å². The zero-order chi connectivity index (χ0) is 20.4. The fraction of sp³-hybridized carbons (Fsp3) is 0.200. The summed E-state index contributed by atoms with van der Waals surface area (Å²) in [6, 6.07) is 9.52. The number of aromatic nitrogens is 1. The third-order valence-electron chi connectivity index (χ3n) is 4.51. The molecule has 2 aromatic carbocycles. The SMILES string of the molecule is COc1ccc2[nH]c(C)c(CNC(=O)N(C)O)c2c1C(=O)c1ccc(Cl)cc1. The highest BCUT2D eigenvalue weighted by molar-refractivity contribution is 6.30. The number of ether oxygens (including phenoxy) is 1. The van der Waals surface area contributed by atoms with E-state index in [1.54, 1.807) is 30.3 Å². The van der Waals surface area contributed by atoms with Crippen molar-refractivity contribution in [3.05, 3.63) is 63.8 Å². The van der Waals surface area contributed by atoms with Crippen LogP contribution >= 0.6 is 11.6 Å². The van der Waals surface area contributed by atoms with E-state index in [0.717, 1.165) is 16.8 Å². The van der Waals surface area contributed by atoms with Crippen LogP contribution < -0.4 is 10.1 Å². The van der Waals surface area contributed by atoms with Gasteiger partial charge in [0.25, 0.3) is 0 Å². The van der Waals surface area contributed by atoms with E-state index in [-0.39, 0.29) is 12.3 Å². The van der Waals surface area contributed by atoms with Gasteiger partial charge in [-0.2, -0.15) is 0 Å². The van der Waals surface area contributed by atoms with E-state index in [1.165, 1.54) is 14.2 Å². The Morgan fingerprint density at radius 3 is 2.50 bits per heavy atom. The molecule has 0 unspecified atom stereocenters. The fourth-order valence-electron chi connectivity index (χ4n) is 3.11. The number of benzene rings is 2. The molecule has 0 spiro atoms. The molecule has 146 valence electrons. The van der Waals surface area contributed by atoms with Crippen molar-refractivity contribution >= 4 is 34.3 Å². The predicted molar refractivity (Wildman–Crippen MR) is 106 cm³/mol. The van der Waals surface area contributed by atoms with Gasteiger partial charge >= 0.3 is 6.03 Å². The average Bonchev–Trinajstić information content (AvgIpc) is 3.00. The first kappa shape index (κ1) is 19.7. The molecule has 7 nitrogen and oxygen atoms in total. The first-order valence-corrected chi connectivity index (χ1v) is 8.90. The van der Waals surface area contributed by atoms with Crippen molar-refractivity contribution in [3.63, 3.8) is 0 Å². The minimum Gasteiger partial charge on any atom is -0.496 e. The summed E-state index contributed by atoms with van der Waals surface area (Å²) in [4.78, 5) is 28.2. The fourth-order valence-corrected chi connectivity index (χ4v) is 3.23. The number of fused-ring (bicyclic) bond motifs is 1. The van der Waals surface area contributed by atoms with E-state index < -0.39 is 6.03 Å². The summed E-state index contributed by atoms with van der Waals surface area (Å²) in [5.74, 6) is 0.211. The van der Waals surface area contributed by atoms with Gasteiger partial charge in [0.2, 0.25) is 0 Å². The first-order valence-electron chi connectivity index (χ1n) is 8.52. The molecule has 0 atom stereocenters. The standard InChI is InChI=1S/C20H20ClN3O4/c1-11-14(10-22-20(26)24(2)27)17-15(23-11)8-9-16(28-3)18(17)19(25)12-4-6-13(21)7-5-12/h4-9,23,27H,10H2,1-3H3,(H,22,26). The minimum atomic E-state index is -0.651. The van der Waals surface area contributed by atoms with Gasteiger partial charge in [-0.1, -0.05) is 11.6 Å². The number of ketones is 1. The summed E-state index contributed by atoms with van der Waals surface area (Å²) in [6.45, 7) is 1.98. The van der Waals surface area contributed by atoms with Crippen molar-refractivity contribution in [2.45, 2.75) is 13.5 Å². The number of carbonyl (C=O) groups excluding carboxylic acids is 2. The second-order valence-corrected chi connectivity index (χ2v) is 6.75. The maximum absolute atomic E-state index is 13.3. The van der Waals surface area contributed by atoms with Crippen LogP contribution in [-0.2, 0) is 6.54 Å². The number of nitrogens with one attached hydrogen (secondary N) is 2. The van der Waals surface area contributed by atoms with E-state index in [9.17, 15) is 14.8 Å². The Hall–Kier alpha value is -3.03. The number of hydrogen-bond donors (Lipinski definition) is 3. The third-order valence-corrected chi connectivity index (χ3v) is 4.76. The van der Waals surface area contributed by atoms with Gasteiger partial charge in [0.1, 0.15) is 5.75 Å². The van der Waals surface area contributed by atoms with Crippen LogP contribution in [0.3, 0.4) is 0 Å². The van der Waals surface area contributed by atoms with E-state index >= 15 is 0 Å². The summed E-state index contributed by atoms with van der Waals surface area (Å²) in [5, 5.41) is 13.5. The van der Waals surface area contributed by atoms with E-state index in [1.807, 2.05) is 13.0 Å². The molecule has 0 bridgehead atoms. The number of amides is 2. The van der Waals surface area contributed by atoms with Crippen LogP contribution in [0.25, 0.3) is 10.9 Å².